The van der Waals surface area contributed by atoms with Crippen molar-refractivity contribution < 1.29 is 0 Å². The van der Waals surface area contributed by atoms with Crippen molar-refractivity contribution in [1.82, 2.24) is 14.4 Å². The molecular weight excluding hydrogens is 348 g/mol. The lowest BCUT2D eigenvalue weighted by atomic mass is 9.92. The van der Waals surface area contributed by atoms with Gasteiger partial charge in [-0.05, 0) is 37.8 Å². The van der Waals surface area contributed by atoms with Crippen LogP contribution < -0.4 is 16.8 Å². The highest BCUT2D eigenvalue weighted by Gasteiger charge is 2.20. The van der Waals surface area contributed by atoms with E-state index in [1.807, 2.05) is 41.1 Å². The average molecular weight is 371 g/mol. The topological polar surface area (TPSA) is 94.3 Å². The van der Waals surface area contributed by atoms with E-state index < -0.39 is 0 Å². The number of hydrogen-bond donors (Lipinski definition) is 3. The molecule has 0 amide bonds. The molecule has 0 atom stereocenters. The van der Waals surface area contributed by atoms with Gasteiger partial charge in [0.1, 0.15) is 0 Å². The number of anilines is 1. The summed E-state index contributed by atoms with van der Waals surface area (Å²) >= 11 is 6.00. The van der Waals surface area contributed by atoms with Crippen molar-refractivity contribution in [3.8, 4) is 11.3 Å². The van der Waals surface area contributed by atoms with E-state index in [0.717, 1.165) is 54.1 Å². The van der Waals surface area contributed by atoms with Gasteiger partial charge in [-0.3, -0.25) is 4.40 Å². The van der Waals surface area contributed by atoms with Crippen molar-refractivity contribution in [3.05, 3.63) is 47.4 Å². The number of halogens is 1. The van der Waals surface area contributed by atoms with Crippen LogP contribution in [0.4, 0.5) is 5.82 Å². The number of imidazole rings is 1. The quantitative estimate of drug-likeness (QED) is 0.655. The molecule has 7 heteroatoms. The monoisotopic (exact) mass is 370 g/mol. The van der Waals surface area contributed by atoms with Gasteiger partial charge in [0, 0.05) is 35.4 Å². The van der Waals surface area contributed by atoms with Gasteiger partial charge in [-0.15, -0.1) is 0 Å². The molecule has 1 saturated carbocycles. The number of nitrogens with two attached hydrogens (primary N) is 2. The summed E-state index contributed by atoms with van der Waals surface area (Å²) in [6.45, 7) is 0.401. The molecule has 2 aromatic heterocycles. The lowest BCUT2D eigenvalue weighted by Gasteiger charge is -2.27. The van der Waals surface area contributed by atoms with Crippen LogP contribution in [0.1, 0.15) is 31.4 Å². The molecule has 4 rings (SSSR count). The van der Waals surface area contributed by atoms with Gasteiger partial charge in [0.25, 0.3) is 0 Å². The summed E-state index contributed by atoms with van der Waals surface area (Å²) in [5.74, 6) is 0.794. The number of nitrogens with zero attached hydrogens (tertiary/aromatic N) is 3. The minimum absolute atomic E-state index is 0.323. The number of hydrogen-bond acceptors (Lipinski definition) is 5. The zero-order chi connectivity index (χ0) is 18.1. The third-order valence-corrected chi connectivity index (χ3v) is 5.28. The van der Waals surface area contributed by atoms with Crippen molar-refractivity contribution in [2.45, 2.75) is 44.3 Å². The molecule has 2 heterocycles. The molecule has 26 heavy (non-hydrogen) atoms. The summed E-state index contributed by atoms with van der Waals surface area (Å²) in [7, 11) is 0. The third-order valence-electron chi connectivity index (χ3n) is 5.03. The number of benzene rings is 1. The summed E-state index contributed by atoms with van der Waals surface area (Å²) in [5, 5.41) is 4.27. The van der Waals surface area contributed by atoms with Crippen molar-refractivity contribution in [2.75, 3.05) is 5.32 Å². The maximum atomic E-state index is 6.01. The normalized spacial score (nSPS) is 20.4. The second-order valence-electron chi connectivity index (χ2n) is 6.88. The Labute approximate surface area is 157 Å². The molecule has 3 aromatic rings. The van der Waals surface area contributed by atoms with E-state index in [2.05, 4.69) is 10.3 Å². The minimum Gasteiger partial charge on any atom is -0.364 e. The summed E-state index contributed by atoms with van der Waals surface area (Å²) in [4.78, 5) is 9.40. The van der Waals surface area contributed by atoms with Crippen molar-refractivity contribution >= 4 is 23.1 Å². The van der Waals surface area contributed by atoms with Gasteiger partial charge in [-0.2, -0.15) is 0 Å². The molecule has 0 aliphatic heterocycles. The van der Waals surface area contributed by atoms with Crippen LogP contribution in [0, 0.1) is 0 Å². The highest BCUT2D eigenvalue weighted by Crippen LogP contribution is 2.27. The third kappa shape index (κ3) is 3.40. The lowest BCUT2D eigenvalue weighted by molar-refractivity contribution is 0.410. The van der Waals surface area contributed by atoms with Crippen LogP contribution in [-0.2, 0) is 6.54 Å². The molecule has 136 valence electrons. The Morgan fingerprint density at radius 3 is 2.58 bits per heavy atom. The van der Waals surface area contributed by atoms with Crippen molar-refractivity contribution in [3.63, 3.8) is 0 Å². The maximum Gasteiger partial charge on any atom is 0.180 e. The van der Waals surface area contributed by atoms with Crippen molar-refractivity contribution in [2.24, 2.45) is 11.5 Å². The van der Waals surface area contributed by atoms with E-state index in [-0.39, 0.29) is 0 Å². The van der Waals surface area contributed by atoms with Gasteiger partial charge in [-0.1, -0.05) is 23.7 Å². The first kappa shape index (κ1) is 17.3. The molecule has 1 fully saturated rings. The zero-order valence-corrected chi connectivity index (χ0v) is 15.3. The van der Waals surface area contributed by atoms with Crippen LogP contribution in [-0.4, -0.2) is 26.5 Å². The SMILES string of the molecule is NCc1cnc(N[C@H]2CC[C@H](N)CC2)c2nc(-c3ccc(Cl)cc3)cn12. The Kier molecular flexibility index (Phi) is 4.80. The van der Waals surface area contributed by atoms with Gasteiger partial charge >= 0.3 is 0 Å². The van der Waals surface area contributed by atoms with Crippen LogP contribution in [0.15, 0.2) is 36.7 Å². The Balaban J connectivity index is 1.70. The lowest BCUT2D eigenvalue weighted by Crippen LogP contribution is -2.33. The van der Waals surface area contributed by atoms with Gasteiger partial charge in [0.15, 0.2) is 11.5 Å². The first-order chi connectivity index (χ1) is 12.6. The number of fused-ring (bicyclic) bond motifs is 1. The highest BCUT2D eigenvalue weighted by molar-refractivity contribution is 6.30. The second-order valence-corrected chi connectivity index (χ2v) is 7.32. The number of aromatic nitrogens is 3. The van der Waals surface area contributed by atoms with Crippen LogP contribution in [0.5, 0.6) is 0 Å². The van der Waals surface area contributed by atoms with E-state index in [4.69, 9.17) is 28.1 Å². The summed E-state index contributed by atoms with van der Waals surface area (Å²) in [5.41, 5.74) is 15.5. The van der Waals surface area contributed by atoms with Crippen LogP contribution in [0.2, 0.25) is 5.02 Å². The van der Waals surface area contributed by atoms with Crippen LogP contribution in [0.3, 0.4) is 0 Å². The van der Waals surface area contributed by atoms with Gasteiger partial charge < -0.3 is 16.8 Å². The molecule has 0 unspecified atom stereocenters. The van der Waals surface area contributed by atoms with Gasteiger partial charge in [-0.25, -0.2) is 9.97 Å². The first-order valence-electron chi connectivity index (χ1n) is 8.99. The fourth-order valence-corrected chi connectivity index (χ4v) is 3.62. The number of rotatable bonds is 4. The van der Waals surface area contributed by atoms with E-state index in [1.165, 1.54) is 0 Å². The Bertz CT molecular complexity index is 896. The van der Waals surface area contributed by atoms with Gasteiger partial charge in [0.2, 0.25) is 0 Å². The van der Waals surface area contributed by atoms with E-state index in [9.17, 15) is 0 Å². The molecule has 0 spiro atoms. The predicted molar refractivity (Wildman–Crippen MR) is 105 cm³/mol. The summed E-state index contributed by atoms with van der Waals surface area (Å²) in [6.07, 6.45) is 8.01. The molecule has 0 radical (unpaired) electrons. The first-order valence-corrected chi connectivity index (χ1v) is 9.37. The fourth-order valence-electron chi connectivity index (χ4n) is 3.49. The van der Waals surface area contributed by atoms with Gasteiger partial charge in [0.05, 0.1) is 17.6 Å². The Morgan fingerprint density at radius 2 is 1.88 bits per heavy atom. The van der Waals surface area contributed by atoms with E-state index in [1.54, 1.807) is 0 Å². The number of nitrogens with one attached hydrogen (secondary N) is 1. The summed E-state index contributed by atoms with van der Waals surface area (Å²) in [6, 6.07) is 8.37. The standard InChI is InChI=1S/C19H23ClN6/c20-13-3-1-12(2-4-13)17-11-26-16(9-21)10-23-18(19(26)25-17)24-15-7-5-14(22)6-8-15/h1-4,10-11,14-15H,5-9,21-22H2,(H,23,24)/t14-,15-. The molecule has 0 bridgehead atoms. The van der Waals surface area contributed by atoms with Crippen LogP contribution in [0.25, 0.3) is 16.9 Å². The largest absolute Gasteiger partial charge is 0.364 e. The average Bonchev–Trinajstić information content (AvgIpc) is 3.10. The molecule has 5 N–H and O–H groups in total. The Hall–Kier alpha value is -2.15. The molecule has 0 saturated heterocycles. The van der Waals surface area contributed by atoms with E-state index >= 15 is 0 Å². The zero-order valence-electron chi connectivity index (χ0n) is 14.5. The molecule has 1 aliphatic carbocycles. The minimum atomic E-state index is 0.323. The summed E-state index contributed by atoms with van der Waals surface area (Å²) < 4.78 is 2.02. The van der Waals surface area contributed by atoms with Crippen molar-refractivity contribution in [1.29, 1.82) is 0 Å². The predicted octanol–water partition coefficient (Wildman–Crippen LogP) is 3.19. The molecule has 6 nitrogen and oxygen atoms in total. The highest BCUT2D eigenvalue weighted by atomic mass is 35.5. The molecular formula is C19H23ClN6. The van der Waals surface area contributed by atoms with Crippen LogP contribution >= 0.6 is 11.6 Å². The maximum absolute atomic E-state index is 6.01. The molecule has 1 aromatic carbocycles. The molecule has 1 aliphatic rings. The van der Waals surface area contributed by atoms with E-state index in [0.29, 0.717) is 23.7 Å². The fraction of sp³-hybridized carbons (Fsp3) is 0.368. The smallest absolute Gasteiger partial charge is 0.180 e. The Morgan fingerprint density at radius 1 is 1.15 bits per heavy atom. The second kappa shape index (κ2) is 7.23.